The molecule has 1 aromatic heterocycles. The van der Waals surface area contributed by atoms with Crippen LogP contribution in [0.5, 0.6) is 5.75 Å². The van der Waals surface area contributed by atoms with Crippen LogP contribution in [0.1, 0.15) is 36.5 Å². The van der Waals surface area contributed by atoms with E-state index in [1.165, 1.54) is 5.56 Å². The quantitative estimate of drug-likeness (QED) is 0.804. The van der Waals surface area contributed by atoms with Crippen LogP contribution in [0.15, 0.2) is 42.7 Å². The number of benzene rings is 1. The third kappa shape index (κ3) is 3.10. The second kappa shape index (κ2) is 5.67. The molecule has 0 unspecified atom stereocenters. The van der Waals surface area contributed by atoms with E-state index in [0.29, 0.717) is 12.5 Å². The highest BCUT2D eigenvalue weighted by Crippen LogP contribution is 2.26. The largest absolute Gasteiger partial charge is 0.489 e. The van der Waals surface area contributed by atoms with Crippen LogP contribution in [0.2, 0.25) is 0 Å². The highest BCUT2D eigenvalue weighted by molar-refractivity contribution is 5.35. The van der Waals surface area contributed by atoms with E-state index in [9.17, 15) is 0 Å². The molecule has 1 aromatic carbocycles. The summed E-state index contributed by atoms with van der Waals surface area (Å²) in [6, 6.07) is 10.3. The Labute approximate surface area is 109 Å². The minimum atomic E-state index is 0.469. The summed E-state index contributed by atoms with van der Waals surface area (Å²) in [5.74, 6) is 1.44. The van der Waals surface area contributed by atoms with E-state index in [4.69, 9.17) is 4.74 Å². The Morgan fingerprint density at radius 3 is 2.67 bits per heavy atom. The molecule has 0 radical (unpaired) electrons. The Morgan fingerprint density at radius 1 is 1.17 bits per heavy atom. The van der Waals surface area contributed by atoms with E-state index in [2.05, 4.69) is 37.0 Å². The number of para-hydroxylation sites is 1. The van der Waals surface area contributed by atoms with Crippen LogP contribution in [0, 0.1) is 6.92 Å². The lowest BCUT2D eigenvalue weighted by atomic mass is 10.0. The van der Waals surface area contributed by atoms with Crippen molar-refractivity contribution in [2.75, 3.05) is 0 Å². The van der Waals surface area contributed by atoms with Crippen LogP contribution in [0.25, 0.3) is 0 Å². The van der Waals surface area contributed by atoms with Gasteiger partial charge in [-0.05, 0) is 36.1 Å². The first kappa shape index (κ1) is 12.6. The molecule has 0 aliphatic heterocycles. The summed E-state index contributed by atoms with van der Waals surface area (Å²) in [4.78, 5) is 4.17. The lowest BCUT2D eigenvalue weighted by molar-refractivity contribution is 0.301. The average Bonchev–Trinajstić information content (AvgIpc) is 2.37. The fraction of sp³-hybridized carbons (Fsp3) is 0.312. The van der Waals surface area contributed by atoms with Gasteiger partial charge < -0.3 is 4.74 Å². The van der Waals surface area contributed by atoms with Crippen LogP contribution in [-0.2, 0) is 6.61 Å². The topological polar surface area (TPSA) is 22.1 Å². The maximum absolute atomic E-state index is 5.90. The van der Waals surface area contributed by atoms with Crippen LogP contribution >= 0.6 is 0 Å². The van der Waals surface area contributed by atoms with Gasteiger partial charge in [0, 0.05) is 18.0 Å². The Balaban J connectivity index is 2.11. The van der Waals surface area contributed by atoms with Crippen LogP contribution in [-0.4, -0.2) is 4.98 Å². The van der Waals surface area contributed by atoms with Crippen molar-refractivity contribution >= 4 is 0 Å². The van der Waals surface area contributed by atoms with E-state index in [1.807, 2.05) is 31.5 Å². The molecule has 0 aliphatic carbocycles. The molecule has 1 heterocycles. The second-order valence-electron chi connectivity index (χ2n) is 4.85. The standard InChI is InChI=1S/C16H19NO/c1-12(2)15-6-4-5-7-16(15)18-11-14-8-13(3)9-17-10-14/h4-10,12H,11H2,1-3H3. The molecule has 0 fully saturated rings. The van der Waals surface area contributed by atoms with Gasteiger partial charge in [0.2, 0.25) is 0 Å². The molecule has 2 heteroatoms. The van der Waals surface area contributed by atoms with Gasteiger partial charge in [-0.15, -0.1) is 0 Å². The Morgan fingerprint density at radius 2 is 1.94 bits per heavy atom. The van der Waals surface area contributed by atoms with Gasteiger partial charge in [-0.3, -0.25) is 4.98 Å². The van der Waals surface area contributed by atoms with E-state index < -0.39 is 0 Å². The molecule has 0 atom stereocenters. The van der Waals surface area contributed by atoms with Gasteiger partial charge in [-0.25, -0.2) is 0 Å². The number of nitrogens with zero attached hydrogens (tertiary/aromatic N) is 1. The number of aryl methyl sites for hydroxylation is 1. The summed E-state index contributed by atoms with van der Waals surface area (Å²) in [6.07, 6.45) is 3.70. The van der Waals surface area contributed by atoms with Crippen LogP contribution in [0.3, 0.4) is 0 Å². The first-order chi connectivity index (χ1) is 8.66. The summed E-state index contributed by atoms with van der Waals surface area (Å²) in [5.41, 5.74) is 3.51. The molecule has 0 spiro atoms. The fourth-order valence-corrected chi connectivity index (χ4v) is 1.95. The summed E-state index contributed by atoms with van der Waals surface area (Å²) >= 11 is 0. The molecule has 2 nitrogen and oxygen atoms in total. The van der Waals surface area contributed by atoms with Crippen molar-refractivity contribution in [1.29, 1.82) is 0 Å². The molecular weight excluding hydrogens is 222 g/mol. The van der Waals surface area contributed by atoms with E-state index in [1.54, 1.807) is 0 Å². The van der Waals surface area contributed by atoms with Gasteiger partial charge in [0.1, 0.15) is 12.4 Å². The first-order valence-electron chi connectivity index (χ1n) is 6.29. The maximum Gasteiger partial charge on any atom is 0.123 e. The molecule has 2 aromatic rings. The number of ether oxygens (including phenoxy) is 1. The van der Waals surface area contributed by atoms with Crippen LogP contribution in [0.4, 0.5) is 0 Å². The van der Waals surface area contributed by atoms with E-state index >= 15 is 0 Å². The Hall–Kier alpha value is -1.83. The molecular formula is C16H19NO. The number of pyridine rings is 1. The van der Waals surface area contributed by atoms with Crippen LogP contribution < -0.4 is 4.74 Å². The van der Waals surface area contributed by atoms with Gasteiger partial charge >= 0.3 is 0 Å². The third-order valence-electron chi connectivity index (χ3n) is 2.87. The van der Waals surface area contributed by atoms with Crippen molar-refractivity contribution < 1.29 is 4.74 Å². The Bertz CT molecular complexity index is 520. The summed E-state index contributed by atoms with van der Waals surface area (Å²) in [7, 11) is 0. The van der Waals surface area contributed by atoms with Crippen molar-refractivity contribution in [2.45, 2.75) is 33.3 Å². The van der Waals surface area contributed by atoms with Gasteiger partial charge in [-0.2, -0.15) is 0 Å². The van der Waals surface area contributed by atoms with Gasteiger partial charge in [-0.1, -0.05) is 32.0 Å². The maximum atomic E-state index is 5.90. The predicted octanol–water partition coefficient (Wildman–Crippen LogP) is 4.09. The smallest absolute Gasteiger partial charge is 0.123 e. The van der Waals surface area contributed by atoms with Gasteiger partial charge in [0.05, 0.1) is 0 Å². The minimum absolute atomic E-state index is 0.469. The van der Waals surface area contributed by atoms with Crippen molar-refractivity contribution in [3.8, 4) is 5.75 Å². The molecule has 0 bridgehead atoms. The van der Waals surface area contributed by atoms with Crippen molar-refractivity contribution in [2.24, 2.45) is 0 Å². The average molecular weight is 241 g/mol. The molecule has 0 saturated carbocycles. The van der Waals surface area contributed by atoms with E-state index in [0.717, 1.165) is 16.9 Å². The normalized spacial score (nSPS) is 10.7. The SMILES string of the molecule is Cc1cncc(COc2ccccc2C(C)C)c1. The number of aromatic nitrogens is 1. The zero-order valence-corrected chi connectivity index (χ0v) is 11.2. The molecule has 0 saturated heterocycles. The lowest BCUT2D eigenvalue weighted by Crippen LogP contribution is -2.00. The minimum Gasteiger partial charge on any atom is -0.489 e. The fourth-order valence-electron chi connectivity index (χ4n) is 1.95. The summed E-state index contributed by atoms with van der Waals surface area (Å²) < 4.78 is 5.90. The molecule has 0 aliphatic rings. The molecule has 0 amide bonds. The third-order valence-corrected chi connectivity index (χ3v) is 2.87. The molecule has 2 rings (SSSR count). The second-order valence-corrected chi connectivity index (χ2v) is 4.85. The first-order valence-corrected chi connectivity index (χ1v) is 6.29. The van der Waals surface area contributed by atoms with Gasteiger partial charge in [0.15, 0.2) is 0 Å². The Kier molecular flexibility index (Phi) is 3.98. The highest BCUT2D eigenvalue weighted by Gasteiger charge is 2.06. The molecule has 18 heavy (non-hydrogen) atoms. The van der Waals surface area contributed by atoms with Crippen molar-refractivity contribution in [3.05, 3.63) is 59.4 Å². The van der Waals surface area contributed by atoms with Crippen molar-refractivity contribution in [1.82, 2.24) is 4.98 Å². The number of hydrogen-bond donors (Lipinski definition) is 0. The lowest BCUT2D eigenvalue weighted by Gasteiger charge is -2.13. The monoisotopic (exact) mass is 241 g/mol. The summed E-state index contributed by atoms with van der Waals surface area (Å²) in [6.45, 7) is 6.96. The predicted molar refractivity (Wildman–Crippen MR) is 73.8 cm³/mol. The van der Waals surface area contributed by atoms with Gasteiger partial charge in [0.25, 0.3) is 0 Å². The highest BCUT2D eigenvalue weighted by atomic mass is 16.5. The molecule has 94 valence electrons. The zero-order valence-electron chi connectivity index (χ0n) is 11.2. The number of hydrogen-bond acceptors (Lipinski definition) is 2. The molecule has 0 N–H and O–H groups in total. The number of rotatable bonds is 4. The van der Waals surface area contributed by atoms with Crippen molar-refractivity contribution in [3.63, 3.8) is 0 Å². The zero-order chi connectivity index (χ0) is 13.0. The summed E-state index contributed by atoms with van der Waals surface area (Å²) in [5, 5.41) is 0. The van der Waals surface area contributed by atoms with E-state index in [-0.39, 0.29) is 0 Å².